The summed E-state index contributed by atoms with van der Waals surface area (Å²) in [7, 11) is 0. The van der Waals surface area contributed by atoms with Crippen molar-refractivity contribution in [2.45, 2.75) is 41.0 Å². The van der Waals surface area contributed by atoms with E-state index in [1.807, 2.05) is 32.1 Å². The van der Waals surface area contributed by atoms with Crippen LogP contribution < -0.4 is 0 Å². The third-order valence-electron chi connectivity index (χ3n) is 5.57. The summed E-state index contributed by atoms with van der Waals surface area (Å²) in [6.07, 6.45) is 11.1. The molecule has 1 atom stereocenters. The van der Waals surface area contributed by atoms with Gasteiger partial charge in [0.2, 0.25) is 0 Å². The maximum Gasteiger partial charge on any atom is 0.115 e. The molecule has 0 bridgehead atoms. The van der Waals surface area contributed by atoms with E-state index >= 15 is 0 Å². The molecule has 1 aliphatic carbocycles. The molecular weight excluding hydrogens is 340 g/mol. The molecular formula is C27H32O. The van der Waals surface area contributed by atoms with Crippen LogP contribution >= 0.6 is 0 Å². The van der Waals surface area contributed by atoms with Crippen molar-refractivity contribution in [2.75, 3.05) is 0 Å². The first kappa shape index (κ1) is 21.5. The Hall–Kier alpha value is -2.80. The first-order chi connectivity index (χ1) is 13.2. The van der Waals surface area contributed by atoms with Gasteiger partial charge in [0.1, 0.15) is 5.76 Å². The van der Waals surface area contributed by atoms with E-state index in [0.29, 0.717) is 5.57 Å². The van der Waals surface area contributed by atoms with Crippen molar-refractivity contribution in [3.8, 4) is 0 Å². The standard InChI is InChI=1S/C27H32O/c1-9-11-12-17(3)25-16-23-13-18(4)19(5)14-27(23)26(21(25)7)15-20(6)24(10-2)22(8)28/h9-15,25,28H,6-8,16H2,1-5H3/b11-9-,17-12+,24-10+,26-15+. The molecule has 0 fully saturated rings. The van der Waals surface area contributed by atoms with E-state index in [0.717, 1.165) is 23.1 Å². The Labute approximate surface area is 170 Å². The van der Waals surface area contributed by atoms with Crippen LogP contribution in [0.1, 0.15) is 43.0 Å². The molecule has 146 valence electrons. The molecule has 1 aliphatic rings. The van der Waals surface area contributed by atoms with E-state index in [1.165, 1.54) is 27.8 Å². The molecule has 2 rings (SSSR count). The topological polar surface area (TPSA) is 20.2 Å². The highest BCUT2D eigenvalue weighted by molar-refractivity contribution is 5.86. The first-order valence-corrected chi connectivity index (χ1v) is 9.75. The van der Waals surface area contributed by atoms with Crippen LogP contribution in [0.25, 0.3) is 5.57 Å². The van der Waals surface area contributed by atoms with Gasteiger partial charge in [-0.1, -0.05) is 61.7 Å². The van der Waals surface area contributed by atoms with Gasteiger partial charge in [-0.3, -0.25) is 0 Å². The van der Waals surface area contributed by atoms with E-state index in [-0.39, 0.29) is 11.7 Å². The molecule has 28 heavy (non-hydrogen) atoms. The molecule has 1 nitrogen and oxygen atoms in total. The Morgan fingerprint density at radius 3 is 2.36 bits per heavy atom. The van der Waals surface area contributed by atoms with Crippen LogP contribution in [0.2, 0.25) is 0 Å². The smallest absolute Gasteiger partial charge is 0.115 e. The molecule has 0 aromatic heterocycles. The average molecular weight is 373 g/mol. The molecule has 1 aromatic carbocycles. The van der Waals surface area contributed by atoms with Crippen LogP contribution in [0.4, 0.5) is 0 Å². The fraction of sp³-hybridized carbons (Fsp3) is 0.259. The summed E-state index contributed by atoms with van der Waals surface area (Å²) in [6.45, 7) is 22.7. The zero-order chi connectivity index (χ0) is 21.0. The summed E-state index contributed by atoms with van der Waals surface area (Å²) < 4.78 is 0. The Kier molecular flexibility index (Phi) is 6.85. The number of aliphatic hydroxyl groups excluding tert-OH is 1. The Morgan fingerprint density at radius 2 is 1.79 bits per heavy atom. The first-order valence-electron chi connectivity index (χ1n) is 9.75. The second-order valence-corrected chi connectivity index (χ2v) is 7.54. The van der Waals surface area contributed by atoms with Gasteiger partial charge in [0.15, 0.2) is 0 Å². The van der Waals surface area contributed by atoms with Gasteiger partial charge in [-0.15, -0.1) is 0 Å². The van der Waals surface area contributed by atoms with E-state index in [2.05, 4.69) is 64.8 Å². The maximum absolute atomic E-state index is 9.90. The van der Waals surface area contributed by atoms with Crippen LogP contribution in [0.5, 0.6) is 0 Å². The average Bonchev–Trinajstić information content (AvgIpc) is 2.63. The number of allylic oxidation sites excluding steroid dienone is 9. The highest BCUT2D eigenvalue weighted by Crippen LogP contribution is 2.42. The Morgan fingerprint density at radius 1 is 1.14 bits per heavy atom. The Balaban J connectivity index is 2.66. The summed E-state index contributed by atoms with van der Waals surface area (Å²) in [5.41, 5.74) is 9.99. The molecule has 0 amide bonds. The van der Waals surface area contributed by atoms with Crippen LogP contribution in [-0.4, -0.2) is 5.11 Å². The van der Waals surface area contributed by atoms with Crippen LogP contribution in [0, 0.1) is 19.8 Å². The number of rotatable bonds is 5. The fourth-order valence-electron chi connectivity index (χ4n) is 3.76. The second kappa shape index (κ2) is 8.93. The lowest BCUT2D eigenvalue weighted by Gasteiger charge is -2.31. The number of fused-ring (bicyclic) bond motifs is 1. The van der Waals surface area contributed by atoms with Crippen LogP contribution in [-0.2, 0) is 6.42 Å². The quantitative estimate of drug-likeness (QED) is 0.419. The zero-order valence-corrected chi connectivity index (χ0v) is 17.9. The van der Waals surface area contributed by atoms with E-state index in [9.17, 15) is 5.11 Å². The highest BCUT2D eigenvalue weighted by Gasteiger charge is 2.27. The van der Waals surface area contributed by atoms with Crippen LogP contribution in [0.3, 0.4) is 0 Å². The number of benzene rings is 1. The van der Waals surface area contributed by atoms with Gasteiger partial charge in [-0.25, -0.2) is 0 Å². The summed E-state index contributed by atoms with van der Waals surface area (Å²) in [5, 5.41) is 9.90. The van der Waals surface area contributed by atoms with Crippen molar-refractivity contribution < 1.29 is 5.11 Å². The maximum atomic E-state index is 9.90. The van der Waals surface area contributed by atoms with Crippen molar-refractivity contribution in [2.24, 2.45) is 5.92 Å². The fourth-order valence-corrected chi connectivity index (χ4v) is 3.76. The lowest BCUT2D eigenvalue weighted by Crippen LogP contribution is -2.18. The van der Waals surface area contributed by atoms with Gasteiger partial charge in [0.05, 0.1) is 0 Å². The summed E-state index contributed by atoms with van der Waals surface area (Å²) in [4.78, 5) is 0. The monoisotopic (exact) mass is 372 g/mol. The summed E-state index contributed by atoms with van der Waals surface area (Å²) >= 11 is 0. The molecule has 1 N–H and O–H groups in total. The normalized spacial score (nSPS) is 19.2. The molecule has 0 heterocycles. The SMILES string of the molecule is C=C(O)/C(=C/C)C(=C)/C=C1\C(=C)C(/C(C)=C/C=C\C)Cc2cc(C)c(C)cc21. The van der Waals surface area contributed by atoms with Crippen molar-refractivity contribution >= 4 is 5.57 Å². The van der Waals surface area contributed by atoms with E-state index < -0.39 is 0 Å². The third-order valence-corrected chi connectivity index (χ3v) is 5.57. The molecule has 0 radical (unpaired) electrons. The van der Waals surface area contributed by atoms with Gasteiger partial charge in [-0.2, -0.15) is 0 Å². The molecule has 0 aliphatic heterocycles. The number of hydrogen-bond acceptors (Lipinski definition) is 1. The van der Waals surface area contributed by atoms with Crippen molar-refractivity contribution in [3.63, 3.8) is 0 Å². The van der Waals surface area contributed by atoms with Gasteiger partial charge in [0, 0.05) is 11.5 Å². The minimum absolute atomic E-state index is 0.0341. The second-order valence-electron chi connectivity index (χ2n) is 7.54. The number of aliphatic hydroxyl groups is 1. The third kappa shape index (κ3) is 4.36. The van der Waals surface area contributed by atoms with Crippen molar-refractivity contribution in [3.05, 3.63) is 113 Å². The molecule has 1 aromatic rings. The van der Waals surface area contributed by atoms with Crippen molar-refractivity contribution in [1.82, 2.24) is 0 Å². The Bertz CT molecular complexity index is 945. The summed E-state index contributed by atoms with van der Waals surface area (Å²) in [6, 6.07) is 4.55. The molecule has 1 unspecified atom stereocenters. The van der Waals surface area contributed by atoms with Gasteiger partial charge in [-0.05, 0) is 86.1 Å². The predicted molar refractivity (Wildman–Crippen MR) is 123 cm³/mol. The van der Waals surface area contributed by atoms with Crippen LogP contribution in [0.15, 0.2) is 90.3 Å². The number of hydrogen-bond donors (Lipinski definition) is 1. The van der Waals surface area contributed by atoms with Gasteiger partial charge in [0.25, 0.3) is 0 Å². The molecule has 1 heteroatoms. The highest BCUT2D eigenvalue weighted by atomic mass is 16.3. The lowest BCUT2D eigenvalue weighted by molar-refractivity contribution is 0.428. The lowest BCUT2D eigenvalue weighted by atomic mass is 9.73. The van der Waals surface area contributed by atoms with E-state index in [1.54, 1.807) is 0 Å². The van der Waals surface area contributed by atoms with Gasteiger partial charge < -0.3 is 5.11 Å². The summed E-state index contributed by atoms with van der Waals surface area (Å²) in [5.74, 6) is 0.281. The van der Waals surface area contributed by atoms with Crippen molar-refractivity contribution in [1.29, 1.82) is 0 Å². The van der Waals surface area contributed by atoms with E-state index in [4.69, 9.17) is 0 Å². The minimum atomic E-state index is 0.0341. The molecule has 0 saturated carbocycles. The zero-order valence-electron chi connectivity index (χ0n) is 17.9. The predicted octanol–water partition coefficient (Wildman–Crippen LogP) is 7.51. The number of aryl methyl sites for hydroxylation is 2. The molecule has 0 spiro atoms. The minimum Gasteiger partial charge on any atom is -0.508 e. The largest absolute Gasteiger partial charge is 0.508 e. The molecule has 0 saturated heterocycles. The van der Waals surface area contributed by atoms with Gasteiger partial charge >= 0.3 is 0 Å².